The molecule has 1 atom stereocenters. The number of nitrogens with two attached hydrogens (primary N) is 1. The maximum absolute atomic E-state index is 11.8. The number of nitrogens with zero attached hydrogens (tertiary/aromatic N) is 1. The number of anilines is 1. The number of nitrogens with one attached hydrogen (secondary N) is 2. The Kier molecular flexibility index (Phi) is 3.77. The first-order chi connectivity index (χ1) is 10.2. The second-order valence-electron chi connectivity index (χ2n) is 5.21. The molecule has 1 unspecified atom stereocenters. The van der Waals surface area contributed by atoms with E-state index in [-0.39, 0.29) is 12.6 Å². The molecule has 21 heavy (non-hydrogen) atoms. The normalized spacial score (nSPS) is 17.0. The lowest BCUT2D eigenvalue weighted by Crippen LogP contribution is -2.39. The van der Waals surface area contributed by atoms with Gasteiger partial charge >= 0.3 is 6.09 Å². The fraction of sp³-hybridized carbons (Fsp3) is 0.333. The zero-order chi connectivity index (χ0) is 14.7. The molecule has 1 aliphatic rings. The van der Waals surface area contributed by atoms with Crippen molar-refractivity contribution in [2.24, 2.45) is 0 Å². The topological polar surface area (TPSA) is 93.0 Å². The molecule has 4 N–H and O–H groups in total. The summed E-state index contributed by atoms with van der Waals surface area (Å²) < 4.78 is 5.23. The van der Waals surface area contributed by atoms with Gasteiger partial charge in [-0.05, 0) is 24.8 Å². The largest absolute Gasteiger partial charge is 0.445 e. The first kappa shape index (κ1) is 13.5. The first-order valence-corrected chi connectivity index (χ1v) is 7.01. The van der Waals surface area contributed by atoms with E-state index in [1.165, 1.54) is 0 Å². The molecule has 1 amide bonds. The van der Waals surface area contributed by atoms with Crippen LogP contribution in [0.25, 0.3) is 0 Å². The van der Waals surface area contributed by atoms with Gasteiger partial charge in [0, 0.05) is 17.3 Å². The maximum atomic E-state index is 11.8. The number of alkyl carbamates (subject to hydrolysis) is 1. The van der Waals surface area contributed by atoms with E-state index in [2.05, 4.69) is 15.5 Å². The Morgan fingerprint density at radius 2 is 2.24 bits per heavy atom. The molecule has 1 aromatic heterocycles. The van der Waals surface area contributed by atoms with Gasteiger partial charge in [-0.1, -0.05) is 30.3 Å². The molecule has 6 nitrogen and oxygen atoms in total. The van der Waals surface area contributed by atoms with Crippen LogP contribution in [-0.2, 0) is 24.2 Å². The molecule has 6 heteroatoms. The molecule has 0 bridgehead atoms. The number of aryl methyl sites for hydroxylation is 1. The summed E-state index contributed by atoms with van der Waals surface area (Å²) in [5.74, 6) is 0.522. The van der Waals surface area contributed by atoms with Gasteiger partial charge in [0.2, 0.25) is 0 Å². The lowest BCUT2D eigenvalue weighted by molar-refractivity contribution is 0.134. The van der Waals surface area contributed by atoms with Gasteiger partial charge in [-0.25, -0.2) is 4.79 Å². The molecule has 0 saturated heterocycles. The van der Waals surface area contributed by atoms with E-state index < -0.39 is 6.09 Å². The van der Waals surface area contributed by atoms with E-state index in [1.54, 1.807) is 0 Å². The number of hydrogen-bond donors (Lipinski definition) is 3. The Labute approximate surface area is 122 Å². The highest BCUT2D eigenvalue weighted by atomic mass is 16.5. The van der Waals surface area contributed by atoms with Crippen LogP contribution in [0, 0.1) is 0 Å². The number of fused-ring (bicyclic) bond motifs is 1. The Balaban J connectivity index is 1.51. The van der Waals surface area contributed by atoms with Crippen molar-refractivity contribution >= 4 is 11.9 Å². The molecule has 0 radical (unpaired) electrons. The van der Waals surface area contributed by atoms with Crippen LogP contribution in [0.4, 0.5) is 10.6 Å². The lowest BCUT2D eigenvalue weighted by atomic mass is 9.93. The Bertz CT molecular complexity index is 624. The number of aromatic nitrogens is 2. The molecule has 110 valence electrons. The number of rotatable bonds is 3. The van der Waals surface area contributed by atoms with Gasteiger partial charge in [0.1, 0.15) is 12.4 Å². The predicted octanol–water partition coefficient (Wildman–Crippen LogP) is 1.78. The number of nitrogen functional groups attached to an aromatic ring is 1. The van der Waals surface area contributed by atoms with Crippen LogP contribution in [0.15, 0.2) is 30.3 Å². The number of ether oxygens (including phenoxy) is 1. The lowest BCUT2D eigenvalue weighted by Gasteiger charge is -2.22. The highest BCUT2D eigenvalue weighted by molar-refractivity contribution is 5.67. The fourth-order valence-electron chi connectivity index (χ4n) is 2.57. The second kappa shape index (κ2) is 5.87. The summed E-state index contributed by atoms with van der Waals surface area (Å²) in [6.45, 7) is 0.276. The first-order valence-electron chi connectivity index (χ1n) is 7.01. The second-order valence-corrected chi connectivity index (χ2v) is 5.21. The molecule has 3 rings (SSSR count). The maximum Gasteiger partial charge on any atom is 0.407 e. The van der Waals surface area contributed by atoms with Crippen LogP contribution >= 0.6 is 0 Å². The minimum Gasteiger partial charge on any atom is -0.445 e. The van der Waals surface area contributed by atoms with E-state index in [0.717, 1.165) is 29.7 Å². The third-order valence-corrected chi connectivity index (χ3v) is 3.71. The molecule has 0 aliphatic heterocycles. The number of carbonyl (C=O) groups excluding carboxylic acids is 1. The molecule has 0 fully saturated rings. The van der Waals surface area contributed by atoms with E-state index in [4.69, 9.17) is 10.5 Å². The van der Waals surface area contributed by atoms with Crippen LogP contribution in [-0.4, -0.2) is 22.3 Å². The van der Waals surface area contributed by atoms with Crippen molar-refractivity contribution in [1.82, 2.24) is 15.5 Å². The van der Waals surface area contributed by atoms with E-state index >= 15 is 0 Å². The number of carbonyl (C=O) groups is 1. The Hall–Kier alpha value is -2.50. The van der Waals surface area contributed by atoms with Crippen molar-refractivity contribution in [3.8, 4) is 0 Å². The van der Waals surface area contributed by atoms with Gasteiger partial charge < -0.3 is 15.8 Å². The summed E-state index contributed by atoms with van der Waals surface area (Å²) in [4.78, 5) is 11.8. The van der Waals surface area contributed by atoms with Crippen molar-refractivity contribution < 1.29 is 9.53 Å². The summed E-state index contributed by atoms with van der Waals surface area (Å²) in [6, 6.07) is 9.65. The number of benzene rings is 1. The number of amides is 1. The fourth-order valence-corrected chi connectivity index (χ4v) is 2.57. The van der Waals surface area contributed by atoms with Crippen LogP contribution in [0.3, 0.4) is 0 Å². The van der Waals surface area contributed by atoms with E-state index in [9.17, 15) is 4.79 Å². The third-order valence-electron chi connectivity index (χ3n) is 3.71. The molecule has 1 aromatic carbocycles. The number of hydrogen-bond acceptors (Lipinski definition) is 4. The molecule has 2 aromatic rings. The zero-order valence-electron chi connectivity index (χ0n) is 11.6. The molecule has 0 saturated carbocycles. The van der Waals surface area contributed by atoms with Crippen LogP contribution < -0.4 is 11.1 Å². The average molecular weight is 286 g/mol. The van der Waals surface area contributed by atoms with Crippen molar-refractivity contribution in [1.29, 1.82) is 0 Å². The van der Waals surface area contributed by atoms with Gasteiger partial charge in [0.25, 0.3) is 0 Å². The van der Waals surface area contributed by atoms with Crippen molar-refractivity contribution in [3.63, 3.8) is 0 Å². The molecular weight excluding hydrogens is 268 g/mol. The molecule has 1 heterocycles. The van der Waals surface area contributed by atoms with Crippen LogP contribution in [0.2, 0.25) is 0 Å². The Morgan fingerprint density at radius 1 is 1.43 bits per heavy atom. The number of H-pyrrole nitrogens is 1. The molecule has 0 spiro atoms. The van der Waals surface area contributed by atoms with Gasteiger partial charge in [0.05, 0.1) is 0 Å². The standard InChI is InChI=1S/C15H18N4O2/c16-14-12-8-11(6-7-13(12)18-19-14)17-15(20)21-9-10-4-2-1-3-5-10/h1-5,11H,6-9H2,(H,17,20)(H3,16,18,19). The highest BCUT2D eigenvalue weighted by Crippen LogP contribution is 2.23. The van der Waals surface area contributed by atoms with Crippen LogP contribution in [0.1, 0.15) is 23.2 Å². The minimum absolute atomic E-state index is 0.0423. The zero-order valence-corrected chi connectivity index (χ0v) is 11.6. The summed E-state index contributed by atoms with van der Waals surface area (Å²) in [5, 5.41) is 9.81. The summed E-state index contributed by atoms with van der Waals surface area (Å²) >= 11 is 0. The van der Waals surface area contributed by atoms with Gasteiger partial charge in [0.15, 0.2) is 0 Å². The molecular formula is C15H18N4O2. The summed E-state index contributed by atoms with van der Waals surface area (Å²) in [5.41, 5.74) is 8.85. The molecule has 1 aliphatic carbocycles. The van der Waals surface area contributed by atoms with Gasteiger partial charge in [-0.3, -0.25) is 5.10 Å². The Morgan fingerprint density at radius 3 is 3.05 bits per heavy atom. The van der Waals surface area contributed by atoms with Gasteiger partial charge in [-0.15, -0.1) is 0 Å². The minimum atomic E-state index is -0.394. The van der Waals surface area contributed by atoms with Gasteiger partial charge in [-0.2, -0.15) is 5.10 Å². The summed E-state index contributed by atoms with van der Waals surface area (Å²) in [6.07, 6.45) is 1.99. The van der Waals surface area contributed by atoms with E-state index in [0.29, 0.717) is 12.2 Å². The monoisotopic (exact) mass is 286 g/mol. The quantitative estimate of drug-likeness (QED) is 0.801. The predicted molar refractivity (Wildman–Crippen MR) is 78.6 cm³/mol. The smallest absolute Gasteiger partial charge is 0.407 e. The summed E-state index contributed by atoms with van der Waals surface area (Å²) in [7, 11) is 0. The highest BCUT2D eigenvalue weighted by Gasteiger charge is 2.24. The van der Waals surface area contributed by atoms with Crippen molar-refractivity contribution in [3.05, 3.63) is 47.2 Å². The number of aromatic amines is 1. The average Bonchev–Trinajstić information content (AvgIpc) is 2.87. The van der Waals surface area contributed by atoms with E-state index in [1.807, 2.05) is 30.3 Å². The van der Waals surface area contributed by atoms with Crippen molar-refractivity contribution in [2.45, 2.75) is 31.9 Å². The van der Waals surface area contributed by atoms with Crippen LogP contribution in [0.5, 0.6) is 0 Å². The third kappa shape index (κ3) is 3.16. The van der Waals surface area contributed by atoms with Crippen molar-refractivity contribution in [2.75, 3.05) is 5.73 Å². The SMILES string of the molecule is Nc1n[nH]c2c1CC(NC(=O)OCc1ccccc1)CC2.